The van der Waals surface area contributed by atoms with E-state index in [9.17, 15) is 9.59 Å². The van der Waals surface area contributed by atoms with E-state index in [1.807, 2.05) is 23.7 Å². The lowest BCUT2D eigenvalue weighted by atomic mass is 10.1. The Morgan fingerprint density at radius 3 is 2.54 bits per heavy atom. The maximum atomic E-state index is 12.6. The van der Waals surface area contributed by atoms with Crippen LogP contribution in [0.4, 0.5) is 4.79 Å². The van der Waals surface area contributed by atoms with Crippen LogP contribution in [0.2, 0.25) is 0 Å². The van der Waals surface area contributed by atoms with Gasteiger partial charge in [0.25, 0.3) is 0 Å². The number of nitrogens with zero attached hydrogens (tertiary/aromatic N) is 1. The van der Waals surface area contributed by atoms with E-state index >= 15 is 0 Å². The van der Waals surface area contributed by atoms with Crippen molar-refractivity contribution >= 4 is 61.5 Å². The average Bonchev–Trinajstić information content (AvgIpc) is 2.77. The molecule has 0 saturated carbocycles. The van der Waals surface area contributed by atoms with Gasteiger partial charge in [0.1, 0.15) is 5.60 Å². The predicted octanol–water partition coefficient (Wildman–Crippen LogP) is 4.75. The number of nitrogens with one attached hydrogen (secondary N) is 1. The summed E-state index contributed by atoms with van der Waals surface area (Å²) in [5.74, 6) is -0.405. The molecule has 0 spiro atoms. The molecule has 0 fully saturated rings. The zero-order valence-corrected chi connectivity index (χ0v) is 19.1. The summed E-state index contributed by atoms with van der Waals surface area (Å²) < 4.78 is 14.3. The molecule has 2 aromatic rings. The summed E-state index contributed by atoms with van der Waals surface area (Å²) in [6.07, 6.45) is -0.534. The number of carbonyl (C=O) groups is 2. The Kier molecular flexibility index (Phi) is 6.60. The molecule has 0 aliphatic rings. The third kappa shape index (κ3) is 4.70. The van der Waals surface area contributed by atoms with Gasteiger partial charge < -0.3 is 19.4 Å². The molecule has 0 aliphatic carbocycles. The molecule has 0 saturated heterocycles. The fourth-order valence-corrected chi connectivity index (χ4v) is 3.39. The maximum Gasteiger partial charge on any atom is 0.407 e. The first-order valence-corrected chi connectivity index (χ1v) is 10.0. The SMILES string of the molecule is CCOC(=O)c1c(CNC(=O)OC(C)(C)C)n(C)c2cc(Br)c(I)cc12. The number of halogens is 2. The standard InChI is InChI=1S/C18H22BrIN2O4/c1-6-25-16(23)15-10-7-12(20)11(19)8-13(10)22(5)14(15)9-21-17(24)26-18(2,3)4/h7-8H,6,9H2,1-5H3,(H,21,24). The van der Waals surface area contributed by atoms with E-state index in [0.29, 0.717) is 11.3 Å². The van der Waals surface area contributed by atoms with E-state index in [1.165, 1.54) is 0 Å². The lowest BCUT2D eigenvalue weighted by molar-refractivity contribution is 0.0502. The van der Waals surface area contributed by atoms with Crippen LogP contribution < -0.4 is 5.32 Å². The Balaban J connectivity index is 2.46. The number of rotatable bonds is 4. The monoisotopic (exact) mass is 536 g/mol. The predicted molar refractivity (Wildman–Crippen MR) is 112 cm³/mol. The van der Waals surface area contributed by atoms with Crippen LogP contribution in [0.25, 0.3) is 10.9 Å². The topological polar surface area (TPSA) is 69.6 Å². The van der Waals surface area contributed by atoms with E-state index < -0.39 is 17.7 Å². The summed E-state index contributed by atoms with van der Waals surface area (Å²) in [6, 6.07) is 3.89. The zero-order valence-electron chi connectivity index (χ0n) is 15.4. The number of ether oxygens (including phenoxy) is 2. The van der Waals surface area contributed by atoms with Crippen LogP contribution in [-0.4, -0.2) is 28.8 Å². The first kappa shape index (κ1) is 21.0. The number of hydrogen-bond acceptors (Lipinski definition) is 4. The van der Waals surface area contributed by atoms with Crippen LogP contribution in [-0.2, 0) is 23.1 Å². The minimum atomic E-state index is -0.589. The van der Waals surface area contributed by atoms with Crippen molar-refractivity contribution in [2.24, 2.45) is 7.05 Å². The first-order chi connectivity index (χ1) is 12.0. The number of hydrogen-bond donors (Lipinski definition) is 1. The highest BCUT2D eigenvalue weighted by Gasteiger charge is 2.24. The van der Waals surface area contributed by atoms with Gasteiger partial charge in [0.2, 0.25) is 0 Å². The summed E-state index contributed by atoms with van der Waals surface area (Å²) in [5.41, 5.74) is 1.42. The van der Waals surface area contributed by atoms with Crippen molar-refractivity contribution in [2.45, 2.75) is 39.8 Å². The zero-order chi connectivity index (χ0) is 19.6. The minimum Gasteiger partial charge on any atom is -0.462 e. The summed E-state index contributed by atoms with van der Waals surface area (Å²) in [5, 5.41) is 3.51. The lowest BCUT2D eigenvalue weighted by Crippen LogP contribution is -2.33. The number of amides is 1. The number of benzene rings is 1. The van der Waals surface area contributed by atoms with Crippen LogP contribution in [0, 0.1) is 3.57 Å². The smallest absolute Gasteiger partial charge is 0.407 e. The number of aromatic nitrogens is 1. The normalized spacial score (nSPS) is 11.5. The summed E-state index contributed by atoms with van der Waals surface area (Å²) >= 11 is 5.72. The van der Waals surface area contributed by atoms with Crippen molar-refractivity contribution in [1.82, 2.24) is 9.88 Å². The van der Waals surface area contributed by atoms with Gasteiger partial charge in [0.05, 0.1) is 29.9 Å². The second-order valence-corrected chi connectivity index (χ2v) is 8.76. The summed E-state index contributed by atoms with van der Waals surface area (Å²) in [7, 11) is 1.86. The summed E-state index contributed by atoms with van der Waals surface area (Å²) in [4.78, 5) is 24.6. The Morgan fingerprint density at radius 2 is 1.96 bits per heavy atom. The largest absolute Gasteiger partial charge is 0.462 e. The third-order valence-corrected chi connectivity index (χ3v) is 5.93. The Bertz CT molecular complexity index is 855. The van der Waals surface area contributed by atoms with E-state index in [0.717, 1.165) is 18.9 Å². The number of esters is 1. The molecule has 2 rings (SSSR count). The van der Waals surface area contributed by atoms with Gasteiger partial charge in [0.15, 0.2) is 0 Å². The van der Waals surface area contributed by atoms with Gasteiger partial charge in [-0.1, -0.05) is 0 Å². The quantitative estimate of drug-likeness (QED) is 0.452. The molecule has 26 heavy (non-hydrogen) atoms. The maximum absolute atomic E-state index is 12.6. The molecule has 142 valence electrons. The van der Waals surface area contributed by atoms with E-state index in [-0.39, 0.29) is 13.2 Å². The van der Waals surface area contributed by atoms with E-state index in [2.05, 4.69) is 43.8 Å². The highest BCUT2D eigenvalue weighted by Crippen LogP contribution is 2.32. The molecule has 0 aliphatic heterocycles. The molecule has 0 radical (unpaired) electrons. The second kappa shape index (κ2) is 8.16. The average molecular weight is 537 g/mol. The fraction of sp³-hybridized carbons (Fsp3) is 0.444. The summed E-state index contributed by atoms with van der Waals surface area (Å²) in [6.45, 7) is 7.60. The second-order valence-electron chi connectivity index (χ2n) is 6.74. The Morgan fingerprint density at radius 1 is 1.31 bits per heavy atom. The van der Waals surface area contributed by atoms with Gasteiger partial charge in [0, 0.05) is 20.5 Å². The third-order valence-electron chi connectivity index (χ3n) is 3.64. The number of carbonyl (C=O) groups excluding carboxylic acids is 2. The van der Waals surface area contributed by atoms with E-state index in [1.54, 1.807) is 27.7 Å². The van der Waals surface area contributed by atoms with Gasteiger partial charge in [-0.25, -0.2) is 9.59 Å². The first-order valence-electron chi connectivity index (χ1n) is 8.15. The molecule has 1 aromatic carbocycles. The fourth-order valence-electron chi connectivity index (χ4n) is 2.59. The van der Waals surface area contributed by atoms with Crippen molar-refractivity contribution in [2.75, 3.05) is 6.61 Å². The molecule has 6 nitrogen and oxygen atoms in total. The molecular weight excluding hydrogens is 515 g/mol. The van der Waals surface area contributed by atoms with Gasteiger partial charge in [-0.3, -0.25) is 0 Å². The number of fused-ring (bicyclic) bond motifs is 1. The molecule has 1 heterocycles. The van der Waals surface area contributed by atoms with Crippen molar-refractivity contribution in [1.29, 1.82) is 0 Å². The molecular formula is C18H22BrIN2O4. The molecule has 1 aromatic heterocycles. The molecule has 1 amide bonds. The highest BCUT2D eigenvalue weighted by atomic mass is 127. The Labute approximate surface area is 174 Å². The van der Waals surface area contributed by atoms with Crippen molar-refractivity contribution in [3.8, 4) is 0 Å². The lowest BCUT2D eigenvalue weighted by Gasteiger charge is -2.20. The number of aryl methyl sites for hydroxylation is 1. The van der Waals surface area contributed by atoms with Crippen molar-refractivity contribution in [3.63, 3.8) is 0 Å². The van der Waals surface area contributed by atoms with Crippen LogP contribution in [0.3, 0.4) is 0 Å². The van der Waals surface area contributed by atoms with Gasteiger partial charge in [-0.2, -0.15) is 0 Å². The van der Waals surface area contributed by atoms with Gasteiger partial charge in [-0.05, 0) is 78.3 Å². The molecule has 0 bridgehead atoms. The van der Waals surface area contributed by atoms with Crippen molar-refractivity contribution < 1.29 is 19.1 Å². The minimum absolute atomic E-state index is 0.155. The molecule has 0 atom stereocenters. The number of alkyl carbamates (subject to hydrolysis) is 1. The van der Waals surface area contributed by atoms with Crippen LogP contribution in [0.5, 0.6) is 0 Å². The Hall–Kier alpha value is -1.29. The van der Waals surface area contributed by atoms with Gasteiger partial charge >= 0.3 is 12.1 Å². The van der Waals surface area contributed by atoms with Gasteiger partial charge in [-0.15, -0.1) is 0 Å². The van der Waals surface area contributed by atoms with Crippen molar-refractivity contribution in [3.05, 3.63) is 31.4 Å². The molecule has 8 heteroatoms. The van der Waals surface area contributed by atoms with Crippen LogP contribution in [0.1, 0.15) is 43.7 Å². The van der Waals surface area contributed by atoms with Crippen LogP contribution in [0.15, 0.2) is 16.6 Å². The highest BCUT2D eigenvalue weighted by molar-refractivity contribution is 14.1. The van der Waals surface area contributed by atoms with E-state index in [4.69, 9.17) is 9.47 Å². The molecule has 1 N–H and O–H groups in total. The molecule has 0 unspecified atom stereocenters. The van der Waals surface area contributed by atoms with Crippen LogP contribution >= 0.6 is 38.5 Å².